The maximum Gasteiger partial charge on any atom is 0.121 e. The zero-order valence-corrected chi connectivity index (χ0v) is 11.9. The van der Waals surface area contributed by atoms with E-state index >= 15 is 0 Å². The van der Waals surface area contributed by atoms with Crippen LogP contribution in [0.3, 0.4) is 0 Å². The third-order valence-electron chi connectivity index (χ3n) is 4.16. The number of hydrogen-bond acceptors (Lipinski definition) is 3. The van der Waals surface area contributed by atoms with Crippen LogP contribution in [0.4, 0.5) is 0 Å². The smallest absolute Gasteiger partial charge is 0.121 e. The summed E-state index contributed by atoms with van der Waals surface area (Å²) in [4.78, 5) is 8.02. The number of piperidine rings is 3. The van der Waals surface area contributed by atoms with Gasteiger partial charge >= 0.3 is 0 Å². The summed E-state index contributed by atoms with van der Waals surface area (Å²) in [6.45, 7) is 4.54. The topological polar surface area (TPSA) is 24.8 Å². The lowest BCUT2D eigenvalue weighted by Gasteiger charge is -2.44. The highest BCUT2D eigenvalue weighted by Gasteiger charge is 2.34. The predicted octanol–water partition coefficient (Wildman–Crippen LogP) is 2.80. The zero-order valence-electron chi connectivity index (χ0n) is 11.1. The van der Waals surface area contributed by atoms with E-state index < -0.39 is 0 Å². The number of rotatable bonds is 4. The molecule has 0 aromatic heterocycles. The minimum absolute atomic E-state index is 0. The van der Waals surface area contributed by atoms with Gasteiger partial charge in [-0.25, -0.2) is 0 Å². The van der Waals surface area contributed by atoms with Crippen molar-refractivity contribution in [3.63, 3.8) is 0 Å². The first-order valence-electron chi connectivity index (χ1n) is 6.84. The molecule has 1 atom stereocenters. The monoisotopic (exact) mass is 280 g/mol. The van der Waals surface area contributed by atoms with Gasteiger partial charge in [-0.05, 0) is 37.4 Å². The molecule has 0 N–H and O–H groups in total. The van der Waals surface area contributed by atoms with Gasteiger partial charge in [0.15, 0.2) is 0 Å². The van der Waals surface area contributed by atoms with Gasteiger partial charge in [0.2, 0.25) is 0 Å². The van der Waals surface area contributed by atoms with E-state index in [1.807, 2.05) is 30.3 Å². The van der Waals surface area contributed by atoms with Crippen molar-refractivity contribution in [1.82, 2.24) is 4.90 Å². The van der Waals surface area contributed by atoms with Gasteiger partial charge in [0.25, 0.3) is 0 Å². The summed E-state index contributed by atoms with van der Waals surface area (Å²) < 4.78 is 0. The normalized spacial score (nSPS) is 29.2. The summed E-state index contributed by atoms with van der Waals surface area (Å²) in [6, 6.07) is 10.1. The molecule has 0 saturated carbocycles. The van der Waals surface area contributed by atoms with Gasteiger partial charge in [0.1, 0.15) is 6.61 Å². The molecule has 3 aliphatic heterocycles. The molecular formula is C15H21ClN2O. The largest absolute Gasteiger partial charge is 0.395 e. The Hall–Kier alpha value is -1.06. The van der Waals surface area contributed by atoms with Crippen molar-refractivity contribution in [3.8, 4) is 0 Å². The average molecular weight is 281 g/mol. The second-order valence-corrected chi connectivity index (χ2v) is 5.34. The van der Waals surface area contributed by atoms with E-state index in [2.05, 4.69) is 10.1 Å². The van der Waals surface area contributed by atoms with Crippen molar-refractivity contribution in [2.24, 2.45) is 17.0 Å². The van der Waals surface area contributed by atoms with Crippen LogP contribution in [-0.2, 0) is 4.84 Å². The van der Waals surface area contributed by atoms with E-state index in [0.717, 1.165) is 18.1 Å². The molecule has 19 heavy (non-hydrogen) atoms. The Labute approximate surface area is 121 Å². The van der Waals surface area contributed by atoms with Crippen LogP contribution in [0.1, 0.15) is 18.4 Å². The van der Waals surface area contributed by atoms with E-state index in [1.54, 1.807) is 6.21 Å². The molecule has 0 radical (unpaired) electrons. The van der Waals surface area contributed by atoms with Crippen LogP contribution in [-0.4, -0.2) is 37.4 Å². The fourth-order valence-corrected chi connectivity index (χ4v) is 3.05. The summed E-state index contributed by atoms with van der Waals surface area (Å²) in [5.74, 6) is 1.54. The first kappa shape index (κ1) is 14.4. The lowest BCUT2D eigenvalue weighted by Crippen LogP contribution is -2.48. The van der Waals surface area contributed by atoms with Crippen LogP contribution in [0.2, 0.25) is 0 Å². The number of oxime groups is 1. The van der Waals surface area contributed by atoms with E-state index in [4.69, 9.17) is 4.84 Å². The van der Waals surface area contributed by atoms with Crippen molar-refractivity contribution in [2.45, 2.75) is 12.8 Å². The lowest BCUT2D eigenvalue weighted by molar-refractivity contribution is -0.00531. The molecule has 4 rings (SSSR count). The number of hydrogen-bond donors (Lipinski definition) is 0. The van der Waals surface area contributed by atoms with Crippen molar-refractivity contribution >= 4 is 18.6 Å². The molecule has 3 heterocycles. The highest BCUT2D eigenvalue weighted by molar-refractivity contribution is 5.85. The summed E-state index contributed by atoms with van der Waals surface area (Å²) in [7, 11) is 0. The Morgan fingerprint density at radius 1 is 1.21 bits per heavy atom. The van der Waals surface area contributed by atoms with Gasteiger partial charge in [-0.3, -0.25) is 0 Å². The minimum Gasteiger partial charge on any atom is -0.395 e. The molecule has 0 spiro atoms. The molecule has 4 heteroatoms. The molecule has 3 fully saturated rings. The molecule has 3 nitrogen and oxygen atoms in total. The van der Waals surface area contributed by atoms with Gasteiger partial charge in [-0.2, -0.15) is 0 Å². The van der Waals surface area contributed by atoms with Gasteiger partial charge in [0, 0.05) is 12.5 Å². The standard InChI is InChI=1S/C15H20N2O.ClH/c1-2-4-13(5-3-1)10-16-18-12-15-11-17-8-6-14(15)7-9-17;/h1-5,10,14-15H,6-9,11-12H2;1H. The summed E-state index contributed by atoms with van der Waals surface area (Å²) >= 11 is 0. The molecule has 3 saturated heterocycles. The average Bonchev–Trinajstić information content (AvgIpc) is 2.46. The molecule has 1 aromatic rings. The third kappa shape index (κ3) is 3.71. The molecule has 0 aliphatic carbocycles. The Morgan fingerprint density at radius 3 is 2.58 bits per heavy atom. The number of benzene rings is 1. The Balaban J connectivity index is 0.00000133. The molecule has 1 aromatic carbocycles. The Bertz CT molecular complexity index is 402. The Kier molecular flexibility index (Phi) is 5.23. The van der Waals surface area contributed by atoms with Gasteiger partial charge in [-0.15, -0.1) is 12.4 Å². The van der Waals surface area contributed by atoms with Crippen molar-refractivity contribution in [2.75, 3.05) is 26.2 Å². The molecule has 1 unspecified atom stereocenters. The van der Waals surface area contributed by atoms with Crippen LogP contribution < -0.4 is 0 Å². The Morgan fingerprint density at radius 2 is 1.95 bits per heavy atom. The number of fused-ring (bicyclic) bond motifs is 3. The summed E-state index contributed by atoms with van der Waals surface area (Å²) in [6.07, 6.45) is 4.48. The maximum absolute atomic E-state index is 5.47. The van der Waals surface area contributed by atoms with Gasteiger partial charge < -0.3 is 9.74 Å². The highest BCUT2D eigenvalue weighted by Crippen LogP contribution is 2.32. The summed E-state index contributed by atoms with van der Waals surface area (Å²) in [5, 5.41) is 4.08. The molecule has 3 aliphatic rings. The van der Waals surface area contributed by atoms with Crippen LogP contribution in [0.5, 0.6) is 0 Å². The molecular weight excluding hydrogens is 260 g/mol. The fraction of sp³-hybridized carbons (Fsp3) is 0.533. The van der Waals surface area contributed by atoms with E-state index in [9.17, 15) is 0 Å². The van der Waals surface area contributed by atoms with Crippen LogP contribution >= 0.6 is 12.4 Å². The summed E-state index contributed by atoms with van der Waals surface area (Å²) in [5.41, 5.74) is 1.09. The molecule has 2 bridgehead atoms. The van der Waals surface area contributed by atoms with E-state index in [1.165, 1.54) is 32.5 Å². The maximum atomic E-state index is 5.47. The third-order valence-corrected chi connectivity index (χ3v) is 4.16. The second-order valence-electron chi connectivity index (χ2n) is 5.34. The first-order chi connectivity index (χ1) is 8.92. The predicted molar refractivity (Wildman–Crippen MR) is 79.9 cm³/mol. The molecule has 0 amide bonds. The van der Waals surface area contributed by atoms with Crippen LogP contribution in [0.25, 0.3) is 0 Å². The highest BCUT2D eigenvalue weighted by atomic mass is 35.5. The zero-order chi connectivity index (χ0) is 12.2. The minimum atomic E-state index is 0. The van der Waals surface area contributed by atoms with E-state index in [0.29, 0.717) is 5.92 Å². The van der Waals surface area contributed by atoms with Crippen LogP contribution in [0.15, 0.2) is 35.5 Å². The fourth-order valence-electron chi connectivity index (χ4n) is 3.05. The van der Waals surface area contributed by atoms with E-state index in [-0.39, 0.29) is 12.4 Å². The first-order valence-corrected chi connectivity index (χ1v) is 6.84. The lowest BCUT2D eigenvalue weighted by atomic mass is 9.80. The molecule has 104 valence electrons. The number of halogens is 1. The van der Waals surface area contributed by atoms with Crippen LogP contribution in [0, 0.1) is 11.8 Å². The quantitative estimate of drug-likeness (QED) is 0.626. The van der Waals surface area contributed by atoms with Crippen molar-refractivity contribution in [1.29, 1.82) is 0 Å². The van der Waals surface area contributed by atoms with Gasteiger partial charge in [0.05, 0.1) is 6.21 Å². The SMILES string of the molecule is C(=NOCC1CN2CCC1CC2)c1ccccc1.Cl. The van der Waals surface area contributed by atoms with Crippen molar-refractivity contribution < 1.29 is 4.84 Å². The number of nitrogens with zero attached hydrogens (tertiary/aromatic N) is 2. The second kappa shape index (κ2) is 6.92. The van der Waals surface area contributed by atoms with Crippen molar-refractivity contribution in [3.05, 3.63) is 35.9 Å². The van der Waals surface area contributed by atoms with Gasteiger partial charge in [-0.1, -0.05) is 35.5 Å².